The highest BCUT2D eigenvalue weighted by molar-refractivity contribution is 6.33. The van der Waals surface area contributed by atoms with Gasteiger partial charge in [0.2, 0.25) is 0 Å². The Labute approximate surface area is 117 Å². The van der Waals surface area contributed by atoms with Crippen LogP contribution in [0, 0.1) is 0 Å². The second-order valence-electron chi connectivity index (χ2n) is 4.54. The van der Waals surface area contributed by atoms with Crippen molar-refractivity contribution < 1.29 is 4.74 Å². The monoisotopic (exact) mass is 277 g/mol. The first kappa shape index (κ1) is 12.5. The summed E-state index contributed by atoms with van der Waals surface area (Å²) in [6.45, 7) is 4.02. The van der Waals surface area contributed by atoms with Gasteiger partial charge in [-0.1, -0.05) is 11.6 Å². The standard InChI is InChI=1S/C14H16ClN3O/c1-19-14-11(15)3-2-10-12(4-5-17-13(10)14)18-8-6-16-7-9-18/h2-5,16H,6-9H2,1H3. The number of aromatic nitrogens is 1. The van der Waals surface area contributed by atoms with Crippen molar-refractivity contribution in [2.24, 2.45) is 0 Å². The van der Waals surface area contributed by atoms with Crippen LogP contribution >= 0.6 is 11.6 Å². The molecule has 1 N–H and O–H groups in total. The van der Waals surface area contributed by atoms with Crippen molar-refractivity contribution in [1.29, 1.82) is 0 Å². The molecule has 1 aliphatic heterocycles. The van der Waals surface area contributed by atoms with Gasteiger partial charge >= 0.3 is 0 Å². The quantitative estimate of drug-likeness (QED) is 0.914. The highest BCUT2D eigenvalue weighted by Gasteiger charge is 2.16. The number of nitrogens with zero attached hydrogens (tertiary/aromatic N) is 2. The maximum absolute atomic E-state index is 6.15. The van der Waals surface area contributed by atoms with E-state index in [0.717, 1.165) is 37.1 Å². The number of halogens is 1. The predicted molar refractivity (Wildman–Crippen MR) is 78.4 cm³/mol. The van der Waals surface area contributed by atoms with Crippen LogP contribution in [0.5, 0.6) is 5.75 Å². The summed E-state index contributed by atoms with van der Waals surface area (Å²) in [5, 5.41) is 5.05. The third-order valence-electron chi connectivity index (χ3n) is 3.46. The van der Waals surface area contributed by atoms with Gasteiger partial charge in [-0.15, -0.1) is 0 Å². The molecule has 4 nitrogen and oxygen atoms in total. The number of pyridine rings is 1. The Kier molecular flexibility index (Phi) is 3.44. The van der Waals surface area contributed by atoms with Crippen molar-refractivity contribution in [3.05, 3.63) is 29.4 Å². The van der Waals surface area contributed by atoms with Crippen LogP contribution in [-0.4, -0.2) is 38.3 Å². The van der Waals surface area contributed by atoms with Gasteiger partial charge in [-0.3, -0.25) is 4.98 Å². The van der Waals surface area contributed by atoms with Crippen molar-refractivity contribution in [3.8, 4) is 5.75 Å². The van der Waals surface area contributed by atoms with E-state index in [1.807, 2.05) is 18.3 Å². The molecular formula is C14H16ClN3O. The number of hydrogen-bond acceptors (Lipinski definition) is 4. The van der Waals surface area contributed by atoms with Gasteiger partial charge in [-0.2, -0.15) is 0 Å². The number of fused-ring (bicyclic) bond motifs is 1. The first-order valence-corrected chi connectivity index (χ1v) is 6.76. The summed E-state index contributed by atoms with van der Waals surface area (Å²) in [5.41, 5.74) is 2.02. The number of piperazine rings is 1. The summed E-state index contributed by atoms with van der Waals surface area (Å²) in [6.07, 6.45) is 1.82. The van der Waals surface area contributed by atoms with E-state index in [9.17, 15) is 0 Å². The Bertz CT molecular complexity index is 597. The number of benzene rings is 1. The molecule has 0 atom stereocenters. The fourth-order valence-corrected chi connectivity index (χ4v) is 2.76. The minimum absolute atomic E-state index is 0.597. The highest BCUT2D eigenvalue weighted by atomic mass is 35.5. The molecule has 0 unspecified atom stereocenters. The molecule has 3 rings (SSSR count). The number of ether oxygens (including phenoxy) is 1. The lowest BCUT2D eigenvalue weighted by Gasteiger charge is -2.30. The lowest BCUT2D eigenvalue weighted by Crippen LogP contribution is -2.43. The lowest BCUT2D eigenvalue weighted by molar-refractivity contribution is 0.419. The van der Waals surface area contributed by atoms with Crippen LogP contribution in [-0.2, 0) is 0 Å². The van der Waals surface area contributed by atoms with Gasteiger partial charge in [0.25, 0.3) is 0 Å². The number of hydrogen-bond donors (Lipinski definition) is 1. The molecule has 1 aromatic heterocycles. The Morgan fingerprint density at radius 1 is 1.26 bits per heavy atom. The van der Waals surface area contributed by atoms with E-state index >= 15 is 0 Å². The van der Waals surface area contributed by atoms with Gasteiger partial charge < -0.3 is 15.0 Å². The molecule has 19 heavy (non-hydrogen) atoms. The lowest BCUT2D eigenvalue weighted by atomic mass is 10.1. The van der Waals surface area contributed by atoms with E-state index in [1.165, 1.54) is 5.69 Å². The van der Waals surface area contributed by atoms with Gasteiger partial charge in [-0.05, 0) is 18.2 Å². The molecule has 0 bridgehead atoms. The second kappa shape index (κ2) is 5.23. The molecule has 1 aliphatic rings. The predicted octanol–water partition coefficient (Wildman–Crippen LogP) is 2.31. The summed E-state index contributed by atoms with van der Waals surface area (Å²) in [7, 11) is 1.62. The van der Waals surface area contributed by atoms with Crippen LogP contribution in [0.25, 0.3) is 10.9 Å². The van der Waals surface area contributed by atoms with Gasteiger partial charge in [0.15, 0.2) is 5.75 Å². The normalized spacial score (nSPS) is 15.8. The van der Waals surface area contributed by atoms with Crippen LogP contribution in [0.15, 0.2) is 24.4 Å². The number of methoxy groups -OCH3 is 1. The Morgan fingerprint density at radius 2 is 2.05 bits per heavy atom. The fourth-order valence-electron chi connectivity index (χ4n) is 2.53. The maximum atomic E-state index is 6.15. The van der Waals surface area contributed by atoms with E-state index in [2.05, 4.69) is 21.3 Å². The average molecular weight is 278 g/mol. The van der Waals surface area contributed by atoms with Gasteiger partial charge in [-0.25, -0.2) is 0 Å². The minimum Gasteiger partial charge on any atom is -0.493 e. The van der Waals surface area contributed by atoms with Gasteiger partial charge in [0, 0.05) is 43.4 Å². The largest absolute Gasteiger partial charge is 0.493 e. The van der Waals surface area contributed by atoms with E-state index in [0.29, 0.717) is 10.8 Å². The number of nitrogens with one attached hydrogen (secondary N) is 1. The molecule has 100 valence electrons. The molecule has 1 fully saturated rings. The molecular weight excluding hydrogens is 262 g/mol. The highest BCUT2D eigenvalue weighted by Crippen LogP contribution is 2.36. The summed E-state index contributed by atoms with van der Waals surface area (Å²) >= 11 is 6.15. The molecule has 0 radical (unpaired) electrons. The zero-order valence-corrected chi connectivity index (χ0v) is 11.6. The molecule has 0 amide bonds. The third kappa shape index (κ3) is 2.22. The molecule has 1 saturated heterocycles. The van der Waals surface area contributed by atoms with E-state index in [4.69, 9.17) is 16.3 Å². The van der Waals surface area contributed by atoms with Crippen molar-refractivity contribution in [2.75, 3.05) is 38.2 Å². The molecule has 2 heterocycles. The molecule has 0 spiro atoms. The molecule has 5 heteroatoms. The minimum atomic E-state index is 0.597. The van der Waals surface area contributed by atoms with E-state index < -0.39 is 0 Å². The maximum Gasteiger partial charge on any atom is 0.163 e. The first-order chi connectivity index (χ1) is 9.31. The van der Waals surface area contributed by atoms with Crippen molar-refractivity contribution in [3.63, 3.8) is 0 Å². The zero-order valence-electron chi connectivity index (χ0n) is 10.8. The molecule has 1 aromatic carbocycles. The Morgan fingerprint density at radius 3 is 2.79 bits per heavy atom. The van der Waals surface area contributed by atoms with Crippen molar-refractivity contribution in [1.82, 2.24) is 10.3 Å². The van der Waals surface area contributed by atoms with Crippen LogP contribution in [0.1, 0.15) is 0 Å². The second-order valence-corrected chi connectivity index (χ2v) is 4.95. The van der Waals surface area contributed by atoms with E-state index in [1.54, 1.807) is 7.11 Å². The number of rotatable bonds is 2. The molecule has 2 aromatic rings. The summed E-state index contributed by atoms with van der Waals surface area (Å²) in [6, 6.07) is 5.95. The Hall–Kier alpha value is -1.52. The molecule has 0 saturated carbocycles. The van der Waals surface area contributed by atoms with Crippen LogP contribution in [0.2, 0.25) is 5.02 Å². The third-order valence-corrected chi connectivity index (χ3v) is 3.75. The first-order valence-electron chi connectivity index (χ1n) is 6.38. The summed E-state index contributed by atoms with van der Waals surface area (Å²) in [5.74, 6) is 0.649. The topological polar surface area (TPSA) is 37.4 Å². The van der Waals surface area contributed by atoms with E-state index in [-0.39, 0.29) is 0 Å². The molecule has 0 aliphatic carbocycles. The summed E-state index contributed by atoms with van der Waals surface area (Å²) in [4.78, 5) is 6.79. The van der Waals surface area contributed by atoms with Crippen LogP contribution < -0.4 is 15.0 Å². The zero-order chi connectivity index (χ0) is 13.2. The Balaban J connectivity index is 2.15. The van der Waals surface area contributed by atoms with Gasteiger partial charge in [0.1, 0.15) is 5.52 Å². The van der Waals surface area contributed by atoms with Crippen molar-refractivity contribution >= 4 is 28.2 Å². The smallest absolute Gasteiger partial charge is 0.163 e. The number of anilines is 1. The van der Waals surface area contributed by atoms with Crippen LogP contribution in [0.4, 0.5) is 5.69 Å². The average Bonchev–Trinajstić information content (AvgIpc) is 2.47. The van der Waals surface area contributed by atoms with Crippen LogP contribution in [0.3, 0.4) is 0 Å². The SMILES string of the molecule is COc1c(Cl)ccc2c(N3CCNCC3)ccnc12. The van der Waals surface area contributed by atoms with Gasteiger partial charge in [0.05, 0.1) is 12.1 Å². The summed E-state index contributed by atoms with van der Waals surface area (Å²) < 4.78 is 5.38. The van der Waals surface area contributed by atoms with Crippen molar-refractivity contribution in [2.45, 2.75) is 0 Å². The fraction of sp³-hybridized carbons (Fsp3) is 0.357.